The lowest BCUT2D eigenvalue weighted by atomic mass is 10.1. The zero-order valence-corrected chi connectivity index (χ0v) is 14.6. The van der Waals surface area contributed by atoms with E-state index >= 15 is 0 Å². The molecule has 0 radical (unpaired) electrons. The number of rotatable bonds is 6. The van der Waals surface area contributed by atoms with E-state index in [2.05, 4.69) is 10.3 Å². The second kappa shape index (κ2) is 7.30. The van der Waals surface area contributed by atoms with Crippen molar-refractivity contribution in [3.63, 3.8) is 0 Å². The van der Waals surface area contributed by atoms with Crippen molar-refractivity contribution in [3.05, 3.63) is 59.8 Å². The minimum Gasteiger partial charge on any atom is -0.497 e. The van der Waals surface area contributed by atoms with Gasteiger partial charge in [0.15, 0.2) is 0 Å². The van der Waals surface area contributed by atoms with Crippen LogP contribution in [0.5, 0.6) is 11.5 Å². The van der Waals surface area contributed by atoms with Crippen molar-refractivity contribution in [2.24, 2.45) is 0 Å². The molecule has 1 aromatic heterocycles. The Bertz CT molecular complexity index is 886. The summed E-state index contributed by atoms with van der Waals surface area (Å²) in [5, 5.41) is 4.11. The first-order valence-corrected chi connectivity index (χ1v) is 8.18. The summed E-state index contributed by atoms with van der Waals surface area (Å²) in [6.45, 7) is 1.93. The first kappa shape index (κ1) is 16.9. The number of aromatic amines is 1. The van der Waals surface area contributed by atoms with E-state index in [1.165, 1.54) is 0 Å². The first-order chi connectivity index (χ1) is 12.1. The number of nitrogens with one attached hydrogen (secondary N) is 2. The summed E-state index contributed by atoms with van der Waals surface area (Å²) in [5.74, 6) is 1.41. The van der Waals surface area contributed by atoms with Gasteiger partial charge in [-0.05, 0) is 36.8 Å². The summed E-state index contributed by atoms with van der Waals surface area (Å²) < 4.78 is 10.7. The van der Waals surface area contributed by atoms with E-state index in [9.17, 15) is 4.79 Å². The molecule has 0 saturated heterocycles. The van der Waals surface area contributed by atoms with Crippen LogP contribution in [0, 0.1) is 0 Å². The number of para-hydroxylation sites is 1. The molecule has 3 aromatic rings. The van der Waals surface area contributed by atoms with Gasteiger partial charge in [0, 0.05) is 22.7 Å². The van der Waals surface area contributed by atoms with Crippen LogP contribution in [0.2, 0.25) is 0 Å². The van der Waals surface area contributed by atoms with Gasteiger partial charge in [-0.2, -0.15) is 0 Å². The average Bonchev–Trinajstić information content (AvgIpc) is 3.04. The number of fused-ring (bicyclic) bond motifs is 1. The third-order valence-electron chi connectivity index (χ3n) is 4.31. The highest BCUT2D eigenvalue weighted by molar-refractivity contribution is 5.89. The largest absolute Gasteiger partial charge is 0.497 e. The van der Waals surface area contributed by atoms with E-state index < -0.39 is 0 Å². The summed E-state index contributed by atoms with van der Waals surface area (Å²) in [4.78, 5) is 15.7. The van der Waals surface area contributed by atoms with Gasteiger partial charge in [0.05, 0.1) is 26.7 Å². The quantitative estimate of drug-likeness (QED) is 0.722. The monoisotopic (exact) mass is 338 g/mol. The van der Waals surface area contributed by atoms with Gasteiger partial charge in [-0.25, -0.2) is 0 Å². The third-order valence-corrected chi connectivity index (χ3v) is 4.31. The highest BCUT2D eigenvalue weighted by atomic mass is 16.5. The van der Waals surface area contributed by atoms with Crippen LogP contribution in [0.3, 0.4) is 0 Å². The van der Waals surface area contributed by atoms with Crippen molar-refractivity contribution in [3.8, 4) is 11.5 Å². The molecular weight excluding hydrogens is 316 g/mol. The maximum atomic E-state index is 12.5. The Hall–Kier alpha value is -2.95. The van der Waals surface area contributed by atoms with E-state index in [4.69, 9.17) is 9.47 Å². The molecular formula is C20H22N2O3. The van der Waals surface area contributed by atoms with E-state index in [0.29, 0.717) is 6.42 Å². The molecule has 5 nitrogen and oxygen atoms in total. The molecule has 0 fully saturated rings. The number of benzene rings is 2. The fourth-order valence-electron chi connectivity index (χ4n) is 3.00. The topological polar surface area (TPSA) is 63.4 Å². The highest BCUT2D eigenvalue weighted by Gasteiger charge is 2.16. The SMILES string of the molecule is COc1ccc(OC)c([C@@H](C)NC(=O)Cc2c[nH]c3ccccc23)c1. The van der Waals surface area contributed by atoms with E-state index in [1.54, 1.807) is 14.2 Å². The number of aromatic nitrogens is 1. The number of ether oxygens (including phenoxy) is 2. The maximum Gasteiger partial charge on any atom is 0.224 e. The maximum absolute atomic E-state index is 12.5. The summed E-state index contributed by atoms with van der Waals surface area (Å²) in [5.41, 5.74) is 2.90. The van der Waals surface area contributed by atoms with Crippen molar-refractivity contribution in [2.75, 3.05) is 14.2 Å². The van der Waals surface area contributed by atoms with Crippen LogP contribution in [0.4, 0.5) is 0 Å². The second-order valence-corrected chi connectivity index (χ2v) is 5.93. The fourth-order valence-corrected chi connectivity index (χ4v) is 3.00. The highest BCUT2D eigenvalue weighted by Crippen LogP contribution is 2.29. The molecule has 0 spiro atoms. The lowest BCUT2D eigenvalue weighted by Gasteiger charge is -2.18. The Balaban J connectivity index is 1.74. The molecule has 1 heterocycles. The molecule has 0 saturated carbocycles. The van der Waals surface area contributed by atoms with Gasteiger partial charge >= 0.3 is 0 Å². The first-order valence-electron chi connectivity index (χ1n) is 8.18. The summed E-state index contributed by atoms with van der Waals surface area (Å²) in [6, 6.07) is 13.3. The normalized spacial score (nSPS) is 12.0. The second-order valence-electron chi connectivity index (χ2n) is 5.93. The number of hydrogen-bond donors (Lipinski definition) is 2. The molecule has 130 valence electrons. The summed E-state index contributed by atoms with van der Waals surface area (Å²) in [6.07, 6.45) is 2.21. The van der Waals surface area contributed by atoms with Gasteiger partial charge in [-0.3, -0.25) is 4.79 Å². The fraction of sp³-hybridized carbons (Fsp3) is 0.250. The zero-order chi connectivity index (χ0) is 17.8. The zero-order valence-electron chi connectivity index (χ0n) is 14.6. The summed E-state index contributed by atoms with van der Waals surface area (Å²) >= 11 is 0. The number of methoxy groups -OCH3 is 2. The molecule has 3 rings (SSSR count). The molecule has 1 atom stereocenters. The molecule has 1 amide bonds. The van der Waals surface area contributed by atoms with Gasteiger partial charge in [0.2, 0.25) is 5.91 Å². The Labute approximate surface area is 147 Å². The van der Waals surface area contributed by atoms with Gasteiger partial charge in [0.1, 0.15) is 11.5 Å². The van der Waals surface area contributed by atoms with Crippen LogP contribution in [0.1, 0.15) is 24.1 Å². The Morgan fingerprint density at radius 1 is 1.16 bits per heavy atom. The van der Waals surface area contributed by atoms with Crippen molar-refractivity contribution in [1.29, 1.82) is 0 Å². The van der Waals surface area contributed by atoms with Crippen LogP contribution in [0.25, 0.3) is 10.9 Å². The minimum atomic E-state index is -0.192. The number of carbonyl (C=O) groups is 1. The van der Waals surface area contributed by atoms with Crippen molar-refractivity contribution in [2.45, 2.75) is 19.4 Å². The van der Waals surface area contributed by atoms with Crippen LogP contribution in [-0.4, -0.2) is 25.1 Å². The Morgan fingerprint density at radius 2 is 1.96 bits per heavy atom. The molecule has 2 aromatic carbocycles. The molecule has 0 aliphatic rings. The third kappa shape index (κ3) is 3.60. The van der Waals surface area contributed by atoms with Crippen molar-refractivity contribution < 1.29 is 14.3 Å². The molecule has 2 N–H and O–H groups in total. The molecule has 0 bridgehead atoms. The molecule has 25 heavy (non-hydrogen) atoms. The standard InChI is InChI=1S/C20H22N2O3/c1-13(17-11-15(24-2)8-9-19(17)25-3)22-20(23)10-14-12-21-18-7-5-4-6-16(14)18/h4-9,11-13,21H,10H2,1-3H3,(H,22,23)/t13-/m1/s1. The predicted octanol–water partition coefficient (Wildman–Crippen LogP) is 3.61. The van der Waals surface area contributed by atoms with Gasteiger partial charge in [-0.15, -0.1) is 0 Å². The smallest absolute Gasteiger partial charge is 0.224 e. The van der Waals surface area contributed by atoms with Crippen molar-refractivity contribution in [1.82, 2.24) is 10.3 Å². The van der Waals surface area contributed by atoms with E-state index in [0.717, 1.165) is 33.5 Å². The number of carbonyl (C=O) groups excluding carboxylic acids is 1. The molecule has 0 unspecified atom stereocenters. The van der Waals surface area contributed by atoms with Crippen LogP contribution < -0.4 is 14.8 Å². The van der Waals surface area contributed by atoms with Crippen molar-refractivity contribution >= 4 is 16.8 Å². The minimum absolute atomic E-state index is 0.0397. The van der Waals surface area contributed by atoms with Gasteiger partial charge in [-0.1, -0.05) is 18.2 Å². The number of H-pyrrole nitrogens is 1. The van der Waals surface area contributed by atoms with Crippen LogP contribution in [0.15, 0.2) is 48.7 Å². The van der Waals surface area contributed by atoms with Gasteiger partial charge in [0.25, 0.3) is 0 Å². The lowest BCUT2D eigenvalue weighted by Crippen LogP contribution is -2.28. The Morgan fingerprint density at radius 3 is 2.72 bits per heavy atom. The van der Waals surface area contributed by atoms with Crippen LogP contribution >= 0.6 is 0 Å². The number of hydrogen-bond acceptors (Lipinski definition) is 3. The lowest BCUT2D eigenvalue weighted by molar-refractivity contribution is -0.121. The summed E-state index contributed by atoms with van der Waals surface area (Å²) in [7, 11) is 3.23. The molecule has 0 aliphatic heterocycles. The molecule has 0 aliphatic carbocycles. The van der Waals surface area contributed by atoms with E-state index in [-0.39, 0.29) is 11.9 Å². The molecule has 5 heteroatoms. The van der Waals surface area contributed by atoms with Crippen LogP contribution in [-0.2, 0) is 11.2 Å². The average molecular weight is 338 g/mol. The number of amides is 1. The van der Waals surface area contributed by atoms with E-state index in [1.807, 2.05) is 55.6 Å². The Kier molecular flexibility index (Phi) is 4.93. The van der Waals surface area contributed by atoms with Gasteiger partial charge < -0.3 is 19.8 Å². The predicted molar refractivity (Wildman–Crippen MR) is 98.1 cm³/mol.